The zero-order chi connectivity index (χ0) is 28.8. The molecule has 0 aliphatic rings. The van der Waals surface area contributed by atoms with Gasteiger partial charge in [-0.15, -0.1) is 0 Å². The molecule has 39 heavy (non-hydrogen) atoms. The number of rotatable bonds is 19. The second kappa shape index (κ2) is 16.3. The van der Waals surface area contributed by atoms with E-state index in [1.54, 1.807) is 0 Å². The highest BCUT2D eigenvalue weighted by Gasteiger charge is 2.27. The van der Waals surface area contributed by atoms with Crippen molar-refractivity contribution < 1.29 is 18.7 Å². The quantitative estimate of drug-likeness (QED) is 0.132. The third kappa shape index (κ3) is 14.2. The van der Waals surface area contributed by atoms with Crippen molar-refractivity contribution in [2.75, 3.05) is 47.1 Å². The molecule has 0 saturated heterocycles. The predicted molar refractivity (Wildman–Crippen MR) is 166 cm³/mol. The molecule has 0 atom stereocenters. The van der Waals surface area contributed by atoms with Gasteiger partial charge in [0.25, 0.3) is 0 Å². The minimum absolute atomic E-state index is 0.147. The molecule has 4 nitrogen and oxygen atoms in total. The molecule has 0 spiro atoms. The molecular weight excluding hydrogens is 482 g/mol. The molecule has 0 amide bonds. The van der Waals surface area contributed by atoms with Crippen LogP contribution in [0.25, 0.3) is 0 Å². The van der Waals surface area contributed by atoms with Crippen LogP contribution in [0.4, 0.5) is 0 Å². The van der Waals surface area contributed by atoms with Crippen LogP contribution in [-0.2, 0) is 16.7 Å². The lowest BCUT2D eigenvalue weighted by molar-refractivity contribution is -0.904. The molecule has 220 valence electrons. The molecule has 0 bridgehead atoms. The second-order valence-electron chi connectivity index (χ2n) is 13.7. The highest BCUT2D eigenvalue weighted by molar-refractivity contribution is 5.32. The lowest BCUT2D eigenvalue weighted by Crippen LogP contribution is -2.41. The van der Waals surface area contributed by atoms with Crippen molar-refractivity contribution in [2.45, 2.75) is 98.4 Å². The summed E-state index contributed by atoms with van der Waals surface area (Å²) in [5.74, 6) is 1.88. The average Bonchev–Trinajstić information content (AvgIpc) is 2.85. The van der Waals surface area contributed by atoms with Crippen molar-refractivity contribution in [3.05, 3.63) is 59.7 Å². The van der Waals surface area contributed by atoms with Crippen molar-refractivity contribution in [3.8, 4) is 11.5 Å². The molecule has 0 aliphatic heterocycles. The monoisotopic (exact) mass is 540 g/mol. The molecule has 0 aromatic heterocycles. The number of nitrogens with zero attached hydrogens (tertiary/aromatic N) is 1. The Labute approximate surface area is 240 Å². The van der Waals surface area contributed by atoms with Gasteiger partial charge in [0.05, 0.1) is 33.9 Å². The Morgan fingerprint density at radius 3 is 1.82 bits per heavy atom. The van der Waals surface area contributed by atoms with Gasteiger partial charge in [-0.3, -0.25) is 0 Å². The van der Waals surface area contributed by atoms with E-state index in [4.69, 9.17) is 14.2 Å². The Kier molecular flexibility index (Phi) is 13.8. The Hall–Kier alpha value is -2.04. The van der Waals surface area contributed by atoms with Gasteiger partial charge >= 0.3 is 0 Å². The number of hydrogen-bond donors (Lipinski definition) is 0. The van der Waals surface area contributed by atoms with Crippen LogP contribution < -0.4 is 9.47 Å². The Bertz CT molecular complexity index is 910. The van der Waals surface area contributed by atoms with Crippen LogP contribution in [-0.4, -0.2) is 51.6 Å². The van der Waals surface area contributed by atoms with Gasteiger partial charge in [0, 0.05) is 5.56 Å². The van der Waals surface area contributed by atoms with Crippen LogP contribution in [0.1, 0.15) is 97.6 Å². The molecule has 0 unspecified atom stereocenters. The van der Waals surface area contributed by atoms with Crippen LogP contribution in [0.2, 0.25) is 0 Å². The number of likely N-dealkylation sites (N-methyl/N-ethyl adjacent to an activating group) is 1. The maximum absolute atomic E-state index is 5.93. The van der Waals surface area contributed by atoms with E-state index in [0.717, 1.165) is 55.1 Å². The van der Waals surface area contributed by atoms with Crippen molar-refractivity contribution >= 4 is 0 Å². The Morgan fingerprint density at radius 2 is 1.21 bits per heavy atom. The average molecular weight is 541 g/mol. The molecule has 4 heteroatoms. The summed E-state index contributed by atoms with van der Waals surface area (Å²) in [6, 6.07) is 17.2. The molecule has 0 fully saturated rings. The molecule has 0 radical (unpaired) electrons. The lowest BCUT2D eigenvalue weighted by Gasteiger charge is -2.33. The predicted octanol–water partition coefficient (Wildman–Crippen LogP) is 8.81. The molecule has 2 aromatic rings. The van der Waals surface area contributed by atoms with Crippen molar-refractivity contribution in [2.24, 2.45) is 5.41 Å². The topological polar surface area (TPSA) is 27.7 Å². The lowest BCUT2D eigenvalue weighted by atomic mass is 9.72. The Balaban J connectivity index is 1.62. The van der Waals surface area contributed by atoms with E-state index < -0.39 is 0 Å². The van der Waals surface area contributed by atoms with Gasteiger partial charge in [-0.2, -0.15) is 0 Å². The first kappa shape index (κ1) is 33.2. The van der Waals surface area contributed by atoms with Gasteiger partial charge in [-0.05, 0) is 65.6 Å². The van der Waals surface area contributed by atoms with Crippen LogP contribution in [0, 0.1) is 5.41 Å². The molecule has 0 aliphatic carbocycles. The SMILES string of the molecule is CCCCCCCCOc1ccc(C[N+](C)(C)CCOCCOc2ccc(C(C)(C)CC(C)(C)C)cc2)cc1. The zero-order valence-corrected chi connectivity index (χ0v) is 26.5. The largest absolute Gasteiger partial charge is 0.494 e. The second-order valence-corrected chi connectivity index (χ2v) is 13.7. The van der Waals surface area contributed by atoms with Crippen molar-refractivity contribution in [1.29, 1.82) is 0 Å². The van der Waals surface area contributed by atoms with Crippen LogP contribution in [0.15, 0.2) is 48.5 Å². The summed E-state index contributed by atoms with van der Waals surface area (Å²) in [6.07, 6.45) is 8.87. The number of unbranched alkanes of at least 4 members (excludes halogenated alkanes) is 5. The first-order valence-corrected chi connectivity index (χ1v) is 15.3. The van der Waals surface area contributed by atoms with Gasteiger partial charge in [0.15, 0.2) is 0 Å². The summed E-state index contributed by atoms with van der Waals surface area (Å²) < 4.78 is 18.6. The van der Waals surface area contributed by atoms with Crippen LogP contribution >= 0.6 is 0 Å². The van der Waals surface area contributed by atoms with Crippen LogP contribution in [0.3, 0.4) is 0 Å². The first-order chi connectivity index (χ1) is 18.4. The summed E-state index contributed by atoms with van der Waals surface area (Å²) in [5.41, 5.74) is 3.13. The first-order valence-electron chi connectivity index (χ1n) is 15.3. The third-order valence-corrected chi connectivity index (χ3v) is 7.25. The van der Waals surface area contributed by atoms with E-state index in [-0.39, 0.29) is 5.41 Å². The fourth-order valence-corrected chi connectivity index (χ4v) is 5.40. The van der Waals surface area contributed by atoms with E-state index in [9.17, 15) is 0 Å². The smallest absolute Gasteiger partial charge is 0.119 e. The summed E-state index contributed by atoms with van der Waals surface area (Å²) >= 11 is 0. The van der Waals surface area contributed by atoms with E-state index >= 15 is 0 Å². The molecule has 0 N–H and O–H groups in total. The van der Waals surface area contributed by atoms with Gasteiger partial charge in [0.1, 0.15) is 31.2 Å². The minimum Gasteiger partial charge on any atom is -0.494 e. The minimum atomic E-state index is 0.147. The van der Waals surface area contributed by atoms with Crippen molar-refractivity contribution in [1.82, 2.24) is 0 Å². The third-order valence-electron chi connectivity index (χ3n) is 7.25. The summed E-state index contributed by atoms with van der Waals surface area (Å²) in [7, 11) is 4.51. The summed E-state index contributed by atoms with van der Waals surface area (Å²) in [5, 5.41) is 0. The number of ether oxygens (including phenoxy) is 3. The van der Waals surface area contributed by atoms with E-state index in [2.05, 4.69) is 104 Å². The number of benzene rings is 2. The van der Waals surface area contributed by atoms with Gasteiger partial charge in [-0.1, -0.05) is 85.8 Å². The highest BCUT2D eigenvalue weighted by Crippen LogP contribution is 2.36. The maximum atomic E-state index is 5.93. The fraction of sp³-hybridized carbons (Fsp3) is 0.657. The van der Waals surface area contributed by atoms with Gasteiger partial charge in [0.2, 0.25) is 0 Å². The maximum Gasteiger partial charge on any atom is 0.119 e. The number of quaternary nitrogens is 1. The summed E-state index contributed by atoms with van der Waals surface area (Å²) in [6.45, 7) is 18.4. The molecular formula is C35H58NO3+. The molecule has 2 aromatic carbocycles. The summed E-state index contributed by atoms with van der Waals surface area (Å²) in [4.78, 5) is 0. The van der Waals surface area contributed by atoms with E-state index in [0.29, 0.717) is 18.6 Å². The van der Waals surface area contributed by atoms with E-state index in [1.807, 2.05) is 0 Å². The van der Waals surface area contributed by atoms with Gasteiger partial charge < -0.3 is 18.7 Å². The standard InChI is InChI=1S/C35H58NO3/c1-9-10-11-12-13-14-24-38-32-19-15-30(16-20-32)28-36(7,8)23-25-37-26-27-39-33-21-17-31(18-22-33)35(5,6)29-34(2,3)4/h15-22H,9-14,23-29H2,1-8H3/q+1. The van der Waals surface area contributed by atoms with E-state index in [1.165, 1.54) is 43.2 Å². The van der Waals surface area contributed by atoms with Gasteiger partial charge in [-0.25, -0.2) is 0 Å². The van der Waals surface area contributed by atoms with Crippen molar-refractivity contribution in [3.63, 3.8) is 0 Å². The van der Waals surface area contributed by atoms with Crippen LogP contribution in [0.5, 0.6) is 11.5 Å². The normalized spacial score (nSPS) is 12.5. The molecule has 0 heterocycles. The Morgan fingerprint density at radius 1 is 0.641 bits per heavy atom. The fourth-order valence-electron chi connectivity index (χ4n) is 5.40. The zero-order valence-electron chi connectivity index (χ0n) is 26.5. The molecule has 0 saturated carbocycles. The molecule has 2 rings (SSSR count). The number of hydrogen-bond acceptors (Lipinski definition) is 3. The highest BCUT2D eigenvalue weighted by atomic mass is 16.5.